The normalized spacial score (nSPS) is 10.6. The highest BCUT2D eigenvalue weighted by atomic mass is 14.7. The summed E-state index contributed by atoms with van der Waals surface area (Å²) in [7, 11) is 0. The molecule has 0 amide bonds. The number of nitriles is 1. The van der Waals surface area contributed by atoms with Crippen LogP contribution in [0, 0.1) is 11.3 Å². The van der Waals surface area contributed by atoms with Crippen molar-refractivity contribution in [2.45, 2.75) is 46.0 Å². The third kappa shape index (κ3) is 3.54. The largest absolute Gasteiger partial charge is 0.269 e. The summed E-state index contributed by atoms with van der Waals surface area (Å²) in [6.07, 6.45) is 0.705. The summed E-state index contributed by atoms with van der Waals surface area (Å²) in [5, 5.41) is 9.17. The highest BCUT2D eigenvalue weighted by Crippen LogP contribution is 2.31. The van der Waals surface area contributed by atoms with Crippen LogP contribution in [0.15, 0.2) is 29.4 Å². The van der Waals surface area contributed by atoms with Crippen molar-refractivity contribution < 1.29 is 0 Å². The maximum absolute atomic E-state index is 9.17. The van der Waals surface area contributed by atoms with Gasteiger partial charge in [-0.3, -0.25) is 4.99 Å². The Morgan fingerprint density at radius 3 is 2.00 bits per heavy atom. The highest BCUT2D eigenvalue weighted by molar-refractivity contribution is 5.48. The molecule has 2 nitrogen and oxygen atoms in total. The first-order valence-electron chi connectivity index (χ1n) is 6.62. The van der Waals surface area contributed by atoms with Crippen molar-refractivity contribution >= 4 is 6.72 Å². The molecule has 0 saturated heterocycles. The van der Waals surface area contributed by atoms with Crippen molar-refractivity contribution in [1.29, 1.82) is 5.26 Å². The second kappa shape index (κ2) is 6.33. The van der Waals surface area contributed by atoms with E-state index in [9.17, 15) is 5.26 Å². The zero-order chi connectivity index (χ0) is 14.6. The second-order valence-electron chi connectivity index (χ2n) is 5.46. The third-order valence-corrected chi connectivity index (χ3v) is 3.30. The van der Waals surface area contributed by atoms with Gasteiger partial charge >= 0.3 is 0 Å². The van der Waals surface area contributed by atoms with E-state index in [1.54, 1.807) is 0 Å². The predicted molar refractivity (Wildman–Crippen MR) is 81.7 cm³/mol. The lowest BCUT2D eigenvalue weighted by Gasteiger charge is -2.20. The van der Waals surface area contributed by atoms with E-state index < -0.39 is 0 Å². The minimum atomic E-state index is 0.374. The van der Waals surface area contributed by atoms with Gasteiger partial charge in [0.1, 0.15) is 0 Å². The fraction of sp³-hybridized carbons (Fsp3) is 0.412. The summed E-state index contributed by atoms with van der Waals surface area (Å²) in [6, 6.07) is 6.23. The number of allylic oxidation sites excluding steroid dienone is 1. The van der Waals surface area contributed by atoms with Crippen molar-refractivity contribution in [2.24, 2.45) is 4.99 Å². The quantitative estimate of drug-likeness (QED) is 0.709. The zero-order valence-electron chi connectivity index (χ0n) is 12.3. The topological polar surface area (TPSA) is 36.1 Å². The zero-order valence-corrected chi connectivity index (χ0v) is 12.3. The van der Waals surface area contributed by atoms with Crippen molar-refractivity contribution in [1.82, 2.24) is 0 Å². The molecule has 1 aromatic carbocycles. The second-order valence-corrected chi connectivity index (χ2v) is 5.46. The minimum Gasteiger partial charge on any atom is -0.269 e. The standard InChI is InChI=1S/C17H22N2/c1-11(2)15-8-14(10-18)9-16(12(3)4)17(15)7-13(5)19-6/h8-9,11-12H,5-7H2,1-4H3. The minimum absolute atomic E-state index is 0.374. The first-order chi connectivity index (χ1) is 8.90. The Bertz CT molecular complexity index is 502. The van der Waals surface area contributed by atoms with E-state index >= 15 is 0 Å². The Morgan fingerprint density at radius 2 is 1.68 bits per heavy atom. The molecule has 0 N–H and O–H groups in total. The molecule has 2 heteroatoms. The summed E-state index contributed by atoms with van der Waals surface area (Å²) in [5.74, 6) is 0.747. The van der Waals surface area contributed by atoms with Crippen LogP contribution in [0.25, 0.3) is 0 Å². The van der Waals surface area contributed by atoms with Gasteiger partial charge in [0, 0.05) is 12.1 Å². The molecule has 1 rings (SSSR count). The fourth-order valence-electron chi connectivity index (χ4n) is 2.28. The molecule has 0 aliphatic carbocycles. The average Bonchev–Trinajstić information content (AvgIpc) is 2.37. The lowest BCUT2D eigenvalue weighted by atomic mass is 9.85. The van der Waals surface area contributed by atoms with Crippen LogP contribution in [-0.4, -0.2) is 6.72 Å². The van der Waals surface area contributed by atoms with E-state index in [2.05, 4.69) is 52.1 Å². The SMILES string of the molecule is C=NC(=C)Cc1c(C(C)C)cc(C#N)cc1C(C)C. The number of aliphatic imine (C=N–C) groups is 1. The molecule has 0 unspecified atom stereocenters. The molecule has 19 heavy (non-hydrogen) atoms. The van der Waals surface area contributed by atoms with Gasteiger partial charge in [-0.15, -0.1) is 0 Å². The van der Waals surface area contributed by atoms with Gasteiger partial charge in [0.05, 0.1) is 11.6 Å². The first kappa shape index (κ1) is 15.2. The molecule has 0 fully saturated rings. The fourth-order valence-corrected chi connectivity index (χ4v) is 2.28. The molecular formula is C17H22N2. The van der Waals surface area contributed by atoms with E-state index in [1.807, 2.05) is 12.1 Å². The summed E-state index contributed by atoms with van der Waals surface area (Å²) >= 11 is 0. The molecule has 0 saturated carbocycles. The van der Waals surface area contributed by atoms with Crippen LogP contribution in [-0.2, 0) is 6.42 Å². The maximum Gasteiger partial charge on any atom is 0.0991 e. The number of nitrogens with zero attached hydrogens (tertiary/aromatic N) is 2. The molecule has 0 aliphatic rings. The van der Waals surface area contributed by atoms with Gasteiger partial charge in [0.2, 0.25) is 0 Å². The van der Waals surface area contributed by atoms with Crippen LogP contribution in [0.3, 0.4) is 0 Å². The van der Waals surface area contributed by atoms with Gasteiger partial charge in [-0.25, -0.2) is 0 Å². The Balaban J connectivity index is 3.49. The van der Waals surface area contributed by atoms with Crippen molar-refractivity contribution in [2.75, 3.05) is 0 Å². The molecule has 0 aliphatic heterocycles. The van der Waals surface area contributed by atoms with Crippen molar-refractivity contribution in [3.63, 3.8) is 0 Å². The van der Waals surface area contributed by atoms with E-state index in [-0.39, 0.29) is 0 Å². The van der Waals surface area contributed by atoms with E-state index in [1.165, 1.54) is 16.7 Å². The van der Waals surface area contributed by atoms with Crippen molar-refractivity contribution in [3.05, 3.63) is 46.7 Å². The molecule has 0 bridgehead atoms. The van der Waals surface area contributed by atoms with Crippen LogP contribution < -0.4 is 0 Å². The predicted octanol–water partition coefficient (Wildman–Crippen LogP) is 4.56. The van der Waals surface area contributed by atoms with Crippen LogP contribution in [0.4, 0.5) is 0 Å². The smallest absolute Gasteiger partial charge is 0.0991 e. The van der Waals surface area contributed by atoms with Gasteiger partial charge in [-0.05, 0) is 47.4 Å². The Labute approximate surface area is 116 Å². The summed E-state index contributed by atoms with van der Waals surface area (Å²) in [4.78, 5) is 3.92. The lowest BCUT2D eigenvalue weighted by Crippen LogP contribution is -2.05. The van der Waals surface area contributed by atoms with Gasteiger partial charge in [0.25, 0.3) is 0 Å². The highest BCUT2D eigenvalue weighted by Gasteiger charge is 2.16. The first-order valence-corrected chi connectivity index (χ1v) is 6.62. The Kier molecular flexibility index (Phi) is 5.06. The lowest BCUT2D eigenvalue weighted by molar-refractivity contribution is 0.802. The number of rotatable bonds is 5. The Hall–Kier alpha value is -1.88. The molecule has 0 atom stereocenters. The van der Waals surface area contributed by atoms with Gasteiger partial charge < -0.3 is 0 Å². The van der Waals surface area contributed by atoms with Gasteiger partial charge in [-0.2, -0.15) is 5.26 Å². The monoisotopic (exact) mass is 254 g/mol. The molecule has 1 aromatic rings. The van der Waals surface area contributed by atoms with Crippen LogP contribution in [0.2, 0.25) is 0 Å². The van der Waals surface area contributed by atoms with Crippen LogP contribution >= 0.6 is 0 Å². The number of benzene rings is 1. The van der Waals surface area contributed by atoms with Gasteiger partial charge in [-0.1, -0.05) is 34.3 Å². The maximum atomic E-state index is 9.17. The molecule has 100 valence electrons. The van der Waals surface area contributed by atoms with E-state index in [0.29, 0.717) is 18.3 Å². The average molecular weight is 254 g/mol. The van der Waals surface area contributed by atoms with Crippen molar-refractivity contribution in [3.8, 4) is 6.07 Å². The molecule has 0 radical (unpaired) electrons. The Morgan fingerprint density at radius 1 is 1.21 bits per heavy atom. The van der Waals surface area contributed by atoms with E-state index in [4.69, 9.17) is 0 Å². The summed E-state index contributed by atoms with van der Waals surface area (Å²) in [5.41, 5.74) is 5.18. The van der Waals surface area contributed by atoms with E-state index in [0.717, 1.165) is 11.3 Å². The van der Waals surface area contributed by atoms with Crippen LogP contribution in [0.1, 0.15) is 61.8 Å². The number of hydrogen-bond acceptors (Lipinski definition) is 2. The van der Waals surface area contributed by atoms with Crippen LogP contribution in [0.5, 0.6) is 0 Å². The van der Waals surface area contributed by atoms with Gasteiger partial charge in [0.15, 0.2) is 0 Å². The summed E-state index contributed by atoms with van der Waals surface area (Å²) < 4.78 is 0. The number of hydrogen-bond donors (Lipinski definition) is 0. The molecular weight excluding hydrogens is 232 g/mol. The molecule has 0 aromatic heterocycles. The summed E-state index contributed by atoms with van der Waals surface area (Å²) in [6.45, 7) is 16.0. The molecule has 0 spiro atoms. The molecule has 0 heterocycles. The third-order valence-electron chi connectivity index (χ3n) is 3.30.